The Kier molecular flexibility index (Phi) is 4.09. The first-order valence-corrected chi connectivity index (χ1v) is 7.08. The van der Waals surface area contributed by atoms with Crippen molar-refractivity contribution >= 4 is 17.5 Å². The molecule has 2 aromatic rings. The standard InChI is InChI=1S/C16H16N2O4/c19-15(18-7-3-8-18)11-22-13-5-1-4-12(10-13)17-16(20)14-6-2-9-21-14/h1-2,4-6,9-10H,3,7-8,11H2,(H,17,20). The van der Waals surface area contributed by atoms with Crippen LogP contribution in [0.2, 0.25) is 0 Å². The number of carbonyl (C=O) groups is 2. The quantitative estimate of drug-likeness (QED) is 0.918. The van der Waals surface area contributed by atoms with Crippen LogP contribution in [0, 0.1) is 0 Å². The Morgan fingerprint density at radius 2 is 2.09 bits per heavy atom. The van der Waals surface area contributed by atoms with Crippen LogP contribution in [0.3, 0.4) is 0 Å². The van der Waals surface area contributed by atoms with Crippen LogP contribution in [-0.4, -0.2) is 36.4 Å². The molecule has 0 aliphatic carbocycles. The van der Waals surface area contributed by atoms with Gasteiger partial charge in [0.15, 0.2) is 12.4 Å². The average molecular weight is 300 g/mol. The van der Waals surface area contributed by atoms with Crippen molar-refractivity contribution in [2.24, 2.45) is 0 Å². The van der Waals surface area contributed by atoms with Crippen LogP contribution < -0.4 is 10.1 Å². The highest BCUT2D eigenvalue weighted by Gasteiger charge is 2.20. The van der Waals surface area contributed by atoms with Gasteiger partial charge in [-0.05, 0) is 30.7 Å². The molecule has 0 radical (unpaired) electrons. The smallest absolute Gasteiger partial charge is 0.291 e. The first kappa shape index (κ1) is 14.2. The van der Waals surface area contributed by atoms with E-state index in [-0.39, 0.29) is 24.2 Å². The summed E-state index contributed by atoms with van der Waals surface area (Å²) < 4.78 is 10.5. The molecule has 0 atom stereocenters. The van der Waals surface area contributed by atoms with Gasteiger partial charge in [0.25, 0.3) is 11.8 Å². The van der Waals surface area contributed by atoms with Gasteiger partial charge in [0.1, 0.15) is 5.75 Å². The van der Waals surface area contributed by atoms with Crippen LogP contribution in [0.1, 0.15) is 17.0 Å². The number of furan rings is 1. The van der Waals surface area contributed by atoms with Crippen LogP contribution in [-0.2, 0) is 4.79 Å². The van der Waals surface area contributed by atoms with Gasteiger partial charge >= 0.3 is 0 Å². The fourth-order valence-corrected chi connectivity index (χ4v) is 2.07. The van der Waals surface area contributed by atoms with E-state index in [1.165, 1.54) is 6.26 Å². The maximum Gasteiger partial charge on any atom is 0.291 e. The zero-order valence-electron chi connectivity index (χ0n) is 12.0. The lowest BCUT2D eigenvalue weighted by Crippen LogP contribution is -2.44. The number of amides is 2. The number of rotatable bonds is 5. The van der Waals surface area contributed by atoms with Crippen molar-refractivity contribution in [3.8, 4) is 5.75 Å². The molecule has 1 aromatic heterocycles. The van der Waals surface area contributed by atoms with E-state index < -0.39 is 0 Å². The number of nitrogens with zero attached hydrogens (tertiary/aromatic N) is 1. The first-order chi connectivity index (χ1) is 10.7. The number of nitrogens with one attached hydrogen (secondary N) is 1. The molecule has 6 heteroatoms. The van der Waals surface area contributed by atoms with Crippen LogP contribution in [0.15, 0.2) is 47.1 Å². The van der Waals surface area contributed by atoms with E-state index in [0.717, 1.165) is 19.5 Å². The van der Waals surface area contributed by atoms with E-state index in [0.29, 0.717) is 11.4 Å². The van der Waals surface area contributed by atoms with Gasteiger partial charge in [-0.3, -0.25) is 9.59 Å². The zero-order valence-corrected chi connectivity index (χ0v) is 12.0. The van der Waals surface area contributed by atoms with Gasteiger partial charge in [-0.15, -0.1) is 0 Å². The fraction of sp³-hybridized carbons (Fsp3) is 0.250. The van der Waals surface area contributed by atoms with Crippen LogP contribution >= 0.6 is 0 Å². The summed E-state index contributed by atoms with van der Waals surface area (Å²) in [5, 5.41) is 2.71. The highest BCUT2D eigenvalue weighted by Crippen LogP contribution is 2.18. The minimum Gasteiger partial charge on any atom is -0.484 e. The van der Waals surface area contributed by atoms with E-state index in [2.05, 4.69) is 5.32 Å². The first-order valence-electron chi connectivity index (χ1n) is 7.08. The summed E-state index contributed by atoms with van der Waals surface area (Å²) in [6, 6.07) is 10.1. The molecule has 2 heterocycles. The fourth-order valence-electron chi connectivity index (χ4n) is 2.07. The van der Waals surface area contributed by atoms with Crippen LogP contribution in [0.4, 0.5) is 5.69 Å². The van der Waals surface area contributed by atoms with Crippen molar-refractivity contribution in [1.82, 2.24) is 4.90 Å². The van der Waals surface area contributed by atoms with Crippen molar-refractivity contribution in [1.29, 1.82) is 0 Å². The van der Waals surface area contributed by atoms with Crippen LogP contribution in [0.5, 0.6) is 5.75 Å². The maximum atomic E-state index is 11.9. The number of carbonyl (C=O) groups excluding carboxylic acids is 2. The molecule has 22 heavy (non-hydrogen) atoms. The molecule has 114 valence electrons. The second-order valence-corrected chi connectivity index (χ2v) is 4.98. The Morgan fingerprint density at radius 1 is 1.23 bits per heavy atom. The van der Waals surface area contributed by atoms with Gasteiger partial charge in [-0.2, -0.15) is 0 Å². The van der Waals surface area contributed by atoms with Crippen molar-refractivity contribution in [3.63, 3.8) is 0 Å². The topological polar surface area (TPSA) is 71.8 Å². The third-order valence-corrected chi connectivity index (χ3v) is 3.41. The lowest BCUT2D eigenvalue weighted by atomic mass is 10.2. The SMILES string of the molecule is O=C(Nc1cccc(OCC(=O)N2CCC2)c1)c1ccco1. The number of ether oxygens (including phenoxy) is 1. The van der Waals surface area contributed by atoms with E-state index in [1.54, 1.807) is 41.3 Å². The molecule has 2 amide bonds. The summed E-state index contributed by atoms with van der Waals surface area (Å²) in [5.41, 5.74) is 0.579. The Labute approximate surface area is 127 Å². The highest BCUT2D eigenvalue weighted by atomic mass is 16.5. The van der Waals surface area contributed by atoms with Crippen LogP contribution in [0.25, 0.3) is 0 Å². The molecular formula is C16H16N2O4. The molecule has 0 saturated carbocycles. The molecule has 1 aromatic carbocycles. The summed E-state index contributed by atoms with van der Waals surface area (Å²) in [5.74, 6) is 0.417. The monoisotopic (exact) mass is 300 g/mol. The molecule has 0 spiro atoms. The molecule has 0 unspecified atom stereocenters. The summed E-state index contributed by atoms with van der Waals surface area (Å²) in [6.07, 6.45) is 2.50. The molecule has 1 saturated heterocycles. The Hall–Kier alpha value is -2.76. The Balaban J connectivity index is 1.57. The molecule has 1 N–H and O–H groups in total. The van der Waals surface area contributed by atoms with Crippen molar-refractivity contribution in [3.05, 3.63) is 48.4 Å². The third kappa shape index (κ3) is 3.28. The second kappa shape index (κ2) is 6.34. The summed E-state index contributed by atoms with van der Waals surface area (Å²) in [6.45, 7) is 1.62. The molecule has 6 nitrogen and oxygen atoms in total. The summed E-state index contributed by atoms with van der Waals surface area (Å²) >= 11 is 0. The molecule has 1 aliphatic heterocycles. The minimum atomic E-state index is -0.334. The molecule has 3 rings (SSSR count). The van der Waals surface area contributed by atoms with Gasteiger partial charge in [0.05, 0.1) is 6.26 Å². The largest absolute Gasteiger partial charge is 0.484 e. The maximum absolute atomic E-state index is 11.9. The van der Waals surface area contributed by atoms with E-state index >= 15 is 0 Å². The number of likely N-dealkylation sites (tertiary alicyclic amines) is 1. The van der Waals surface area contributed by atoms with Gasteiger partial charge < -0.3 is 19.4 Å². The summed E-state index contributed by atoms with van der Waals surface area (Å²) in [7, 11) is 0. The van der Waals surface area contributed by atoms with Crippen molar-refractivity contribution < 1.29 is 18.7 Å². The van der Waals surface area contributed by atoms with Crippen molar-refractivity contribution in [2.75, 3.05) is 25.0 Å². The number of hydrogen-bond acceptors (Lipinski definition) is 4. The molecule has 0 bridgehead atoms. The predicted molar refractivity (Wildman–Crippen MR) is 79.8 cm³/mol. The average Bonchev–Trinajstić information content (AvgIpc) is 2.98. The minimum absolute atomic E-state index is 0.00951. The zero-order chi connectivity index (χ0) is 15.4. The Bertz CT molecular complexity index is 663. The highest BCUT2D eigenvalue weighted by molar-refractivity contribution is 6.02. The normalized spacial score (nSPS) is 13.4. The van der Waals surface area contributed by atoms with Gasteiger partial charge in [0, 0.05) is 24.8 Å². The van der Waals surface area contributed by atoms with Gasteiger partial charge in [0.2, 0.25) is 0 Å². The summed E-state index contributed by atoms with van der Waals surface area (Å²) in [4.78, 5) is 25.4. The van der Waals surface area contributed by atoms with E-state index in [1.807, 2.05) is 0 Å². The lowest BCUT2D eigenvalue weighted by Gasteiger charge is -2.30. The van der Waals surface area contributed by atoms with Crippen molar-refractivity contribution in [2.45, 2.75) is 6.42 Å². The number of hydrogen-bond donors (Lipinski definition) is 1. The molecular weight excluding hydrogens is 284 g/mol. The van der Waals surface area contributed by atoms with E-state index in [4.69, 9.17) is 9.15 Å². The predicted octanol–water partition coefficient (Wildman–Crippen LogP) is 2.14. The molecule has 1 fully saturated rings. The Morgan fingerprint density at radius 3 is 2.77 bits per heavy atom. The molecule has 1 aliphatic rings. The van der Waals surface area contributed by atoms with Gasteiger partial charge in [-0.25, -0.2) is 0 Å². The number of benzene rings is 1. The van der Waals surface area contributed by atoms with E-state index in [9.17, 15) is 9.59 Å². The second-order valence-electron chi connectivity index (χ2n) is 4.98. The lowest BCUT2D eigenvalue weighted by molar-refractivity contribution is -0.136. The van der Waals surface area contributed by atoms with Gasteiger partial charge in [-0.1, -0.05) is 6.07 Å². The number of anilines is 1. The third-order valence-electron chi connectivity index (χ3n) is 3.41.